The minimum atomic E-state index is -0.748. The number of nitrogens with zero attached hydrogens (tertiary/aromatic N) is 1. The molecule has 0 aromatic rings. The number of nitrogens with one attached hydrogen (secondary N) is 1. The van der Waals surface area contributed by atoms with Gasteiger partial charge in [-0.1, -0.05) is 6.92 Å². The van der Waals surface area contributed by atoms with Crippen molar-refractivity contribution < 1.29 is 14.7 Å². The van der Waals surface area contributed by atoms with Crippen LogP contribution in [0.15, 0.2) is 0 Å². The van der Waals surface area contributed by atoms with E-state index in [1.807, 2.05) is 6.92 Å². The van der Waals surface area contributed by atoms with Crippen LogP contribution in [0.5, 0.6) is 0 Å². The van der Waals surface area contributed by atoms with Crippen LogP contribution in [-0.2, 0) is 4.79 Å². The van der Waals surface area contributed by atoms with E-state index in [9.17, 15) is 14.7 Å². The highest BCUT2D eigenvalue weighted by atomic mass is 16.4. The Morgan fingerprint density at radius 1 is 1.41 bits per heavy atom. The van der Waals surface area contributed by atoms with Gasteiger partial charge < -0.3 is 21.1 Å². The van der Waals surface area contributed by atoms with Gasteiger partial charge in [0.15, 0.2) is 0 Å². The van der Waals surface area contributed by atoms with E-state index in [0.29, 0.717) is 45.4 Å². The molecule has 1 rings (SSSR count). The van der Waals surface area contributed by atoms with Crippen molar-refractivity contribution in [2.45, 2.75) is 26.2 Å². The molecule has 1 fully saturated rings. The number of nitrogens with two attached hydrogens (primary N) is 1. The number of carboxylic acids is 1. The van der Waals surface area contributed by atoms with Gasteiger partial charge in [0, 0.05) is 26.2 Å². The molecule has 0 bridgehead atoms. The summed E-state index contributed by atoms with van der Waals surface area (Å²) in [5.74, 6) is -0.748. The summed E-state index contributed by atoms with van der Waals surface area (Å²) < 4.78 is 0. The Balaban J connectivity index is 2.49. The minimum absolute atomic E-state index is 0.148. The van der Waals surface area contributed by atoms with Crippen LogP contribution in [-0.4, -0.2) is 48.2 Å². The van der Waals surface area contributed by atoms with E-state index in [1.165, 1.54) is 0 Å². The van der Waals surface area contributed by atoms with Crippen molar-refractivity contribution >= 4 is 12.0 Å². The summed E-state index contributed by atoms with van der Waals surface area (Å²) in [6.45, 7) is 3.74. The molecule has 6 nitrogen and oxygen atoms in total. The molecule has 17 heavy (non-hydrogen) atoms. The monoisotopic (exact) mass is 243 g/mol. The number of amides is 2. The van der Waals surface area contributed by atoms with E-state index in [1.54, 1.807) is 4.90 Å². The van der Waals surface area contributed by atoms with Gasteiger partial charge in [-0.25, -0.2) is 4.79 Å². The molecule has 1 saturated heterocycles. The Kier molecular flexibility index (Phi) is 4.74. The molecule has 1 aliphatic heterocycles. The maximum atomic E-state index is 11.6. The van der Waals surface area contributed by atoms with Crippen LogP contribution in [0.3, 0.4) is 0 Å². The van der Waals surface area contributed by atoms with Gasteiger partial charge in [0.25, 0.3) is 0 Å². The van der Waals surface area contributed by atoms with Crippen molar-refractivity contribution in [3.8, 4) is 0 Å². The molecule has 1 aliphatic rings. The summed E-state index contributed by atoms with van der Waals surface area (Å²) in [6.07, 6.45) is 1.66. The van der Waals surface area contributed by atoms with Gasteiger partial charge in [-0.15, -0.1) is 0 Å². The average Bonchev–Trinajstić information content (AvgIpc) is 2.35. The average molecular weight is 243 g/mol. The van der Waals surface area contributed by atoms with Crippen molar-refractivity contribution in [3.05, 3.63) is 0 Å². The fourth-order valence-corrected chi connectivity index (χ4v) is 2.15. The molecule has 2 amide bonds. The van der Waals surface area contributed by atoms with Crippen LogP contribution >= 0.6 is 0 Å². The summed E-state index contributed by atoms with van der Waals surface area (Å²) in [5, 5.41) is 11.9. The number of hydrogen-bond acceptors (Lipinski definition) is 3. The summed E-state index contributed by atoms with van der Waals surface area (Å²) >= 11 is 0. The van der Waals surface area contributed by atoms with Crippen LogP contribution < -0.4 is 11.1 Å². The SMILES string of the molecule is CCC1(C(=O)O)CCN(C(=O)NCCN)CC1. The summed E-state index contributed by atoms with van der Waals surface area (Å²) in [4.78, 5) is 24.5. The molecular formula is C11H21N3O3. The fraction of sp³-hybridized carbons (Fsp3) is 0.818. The predicted octanol–water partition coefficient (Wildman–Crippen LogP) is 0.232. The van der Waals surface area contributed by atoms with Crippen molar-refractivity contribution in [1.29, 1.82) is 0 Å². The minimum Gasteiger partial charge on any atom is -0.481 e. The highest BCUT2D eigenvalue weighted by Crippen LogP contribution is 2.34. The maximum absolute atomic E-state index is 11.6. The molecule has 98 valence electrons. The Bertz CT molecular complexity index is 286. The molecule has 0 atom stereocenters. The molecule has 0 unspecified atom stereocenters. The number of rotatable bonds is 4. The maximum Gasteiger partial charge on any atom is 0.317 e. The Labute approximate surface area is 101 Å². The van der Waals surface area contributed by atoms with E-state index < -0.39 is 11.4 Å². The zero-order valence-electron chi connectivity index (χ0n) is 10.2. The van der Waals surface area contributed by atoms with Crippen LogP contribution in [0.2, 0.25) is 0 Å². The van der Waals surface area contributed by atoms with Crippen molar-refractivity contribution in [2.75, 3.05) is 26.2 Å². The van der Waals surface area contributed by atoms with Gasteiger partial charge in [-0.3, -0.25) is 4.79 Å². The standard InChI is InChI=1S/C11H21N3O3/c1-2-11(9(15)16)3-7-14(8-4-11)10(17)13-6-5-12/h2-8,12H2,1H3,(H,13,17)(H,15,16). The van der Waals surface area contributed by atoms with Gasteiger partial charge in [0.2, 0.25) is 0 Å². The molecule has 4 N–H and O–H groups in total. The molecule has 1 heterocycles. The number of carbonyl (C=O) groups excluding carboxylic acids is 1. The number of carbonyl (C=O) groups is 2. The molecule has 0 spiro atoms. The van der Waals surface area contributed by atoms with Gasteiger partial charge in [-0.05, 0) is 19.3 Å². The summed E-state index contributed by atoms with van der Waals surface area (Å²) in [7, 11) is 0. The van der Waals surface area contributed by atoms with Crippen LogP contribution in [0, 0.1) is 5.41 Å². The van der Waals surface area contributed by atoms with Crippen LogP contribution in [0.25, 0.3) is 0 Å². The molecule has 0 radical (unpaired) electrons. The second-order valence-electron chi connectivity index (χ2n) is 4.45. The lowest BCUT2D eigenvalue weighted by Gasteiger charge is -2.38. The van der Waals surface area contributed by atoms with Gasteiger partial charge in [0.05, 0.1) is 5.41 Å². The number of hydrogen-bond donors (Lipinski definition) is 3. The molecule has 0 aromatic heterocycles. The Morgan fingerprint density at radius 3 is 2.41 bits per heavy atom. The first-order valence-electron chi connectivity index (χ1n) is 6.02. The van der Waals surface area contributed by atoms with Crippen LogP contribution in [0.4, 0.5) is 4.79 Å². The molecular weight excluding hydrogens is 222 g/mol. The topological polar surface area (TPSA) is 95.7 Å². The second kappa shape index (κ2) is 5.86. The van der Waals surface area contributed by atoms with E-state index in [0.717, 1.165) is 0 Å². The van der Waals surface area contributed by atoms with Crippen LogP contribution in [0.1, 0.15) is 26.2 Å². The van der Waals surface area contributed by atoms with Gasteiger partial charge in [0.1, 0.15) is 0 Å². The lowest BCUT2D eigenvalue weighted by Crippen LogP contribution is -2.50. The molecule has 0 saturated carbocycles. The smallest absolute Gasteiger partial charge is 0.317 e. The Morgan fingerprint density at radius 2 is 2.00 bits per heavy atom. The molecule has 6 heteroatoms. The Hall–Kier alpha value is -1.30. The third-order valence-corrected chi connectivity index (χ3v) is 3.56. The normalized spacial score (nSPS) is 18.8. The molecule has 0 aromatic carbocycles. The largest absolute Gasteiger partial charge is 0.481 e. The second-order valence-corrected chi connectivity index (χ2v) is 4.45. The summed E-state index contributed by atoms with van der Waals surface area (Å²) in [5.41, 5.74) is 4.65. The van der Waals surface area contributed by atoms with E-state index in [-0.39, 0.29) is 6.03 Å². The zero-order valence-corrected chi connectivity index (χ0v) is 10.2. The van der Waals surface area contributed by atoms with E-state index >= 15 is 0 Å². The number of piperidine rings is 1. The van der Waals surface area contributed by atoms with Crippen molar-refractivity contribution in [3.63, 3.8) is 0 Å². The number of urea groups is 1. The third kappa shape index (κ3) is 3.09. The fourth-order valence-electron chi connectivity index (χ4n) is 2.15. The third-order valence-electron chi connectivity index (χ3n) is 3.56. The van der Waals surface area contributed by atoms with Crippen molar-refractivity contribution in [2.24, 2.45) is 11.1 Å². The zero-order chi connectivity index (χ0) is 12.9. The molecule has 0 aliphatic carbocycles. The number of likely N-dealkylation sites (tertiary alicyclic amines) is 1. The summed E-state index contributed by atoms with van der Waals surface area (Å²) in [6, 6.07) is -0.148. The van der Waals surface area contributed by atoms with E-state index in [2.05, 4.69) is 5.32 Å². The predicted molar refractivity (Wildman–Crippen MR) is 63.6 cm³/mol. The first kappa shape index (κ1) is 13.8. The van der Waals surface area contributed by atoms with E-state index in [4.69, 9.17) is 5.73 Å². The number of carboxylic acid groups (broad SMARTS) is 1. The van der Waals surface area contributed by atoms with Gasteiger partial charge >= 0.3 is 12.0 Å². The first-order chi connectivity index (χ1) is 8.05. The lowest BCUT2D eigenvalue weighted by atomic mass is 9.76. The quantitative estimate of drug-likeness (QED) is 0.658. The number of aliphatic carboxylic acids is 1. The van der Waals surface area contributed by atoms with Crippen molar-refractivity contribution in [1.82, 2.24) is 10.2 Å². The highest BCUT2D eigenvalue weighted by Gasteiger charge is 2.40. The first-order valence-corrected chi connectivity index (χ1v) is 6.02. The highest BCUT2D eigenvalue weighted by molar-refractivity contribution is 5.77. The van der Waals surface area contributed by atoms with Gasteiger partial charge in [-0.2, -0.15) is 0 Å². The lowest BCUT2D eigenvalue weighted by molar-refractivity contribution is -0.151.